The third kappa shape index (κ3) is 4.64. The van der Waals surface area contributed by atoms with Crippen LogP contribution in [0.4, 0.5) is 16.2 Å². The molecule has 0 saturated carbocycles. The van der Waals surface area contributed by atoms with Crippen molar-refractivity contribution in [2.75, 3.05) is 10.2 Å². The van der Waals surface area contributed by atoms with Gasteiger partial charge in [-0.25, -0.2) is 4.79 Å². The second-order valence-electron chi connectivity index (χ2n) is 6.00. The molecule has 3 aromatic carbocycles. The zero-order valence-electron chi connectivity index (χ0n) is 14.7. The van der Waals surface area contributed by atoms with Gasteiger partial charge in [0.05, 0.1) is 12.2 Å². The number of nitrogens with zero attached hydrogens (tertiary/aromatic N) is 1. The molecule has 0 aromatic heterocycles. The number of carbonyl (C=O) groups is 1. The van der Waals surface area contributed by atoms with E-state index in [0.29, 0.717) is 6.54 Å². The van der Waals surface area contributed by atoms with Crippen molar-refractivity contribution in [3.8, 4) is 0 Å². The summed E-state index contributed by atoms with van der Waals surface area (Å²) in [4.78, 5) is 14.8. The normalized spacial score (nSPS) is 10.4. The fourth-order valence-corrected chi connectivity index (χ4v) is 3.40. The molecule has 0 atom stereocenters. The van der Waals surface area contributed by atoms with Crippen molar-refractivity contribution in [1.82, 2.24) is 0 Å². The summed E-state index contributed by atoms with van der Waals surface area (Å²) in [5, 5.41) is 3.02. The molecule has 0 radical (unpaired) electrons. The van der Waals surface area contributed by atoms with Crippen molar-refractivity contribution in [2.24, 2.45) is 0 Å². The van der Waals surface area contributed by atoms with Crippen LogP contribution in [0.3, 0.4) is 0 Å². The second-order valence-corrected chi connectivity index (χ2v) is 7.17. The molecule has 0 spiro atoms. The van der Waals surface area contributed by atoms with Crippen LogP contribution in [-0.2, 0) is 13.0 Å². The van der Waals surface area contributed by atoms with E-state index in [4.69, 9.17) is 0 Å². The Labute approximate surface area is 168 Å². The Hall–Kier alpha value is -2.34. The van der Waals surface area contributed by atoms with Gasteiger partial charge in [0, 0.05) is 9.26 Å². The fraction of sp³-hybridized carbons (Fsp3) is 0.136. The molecule has 132 valence electrons. The molecule has 0 saturated heterocycles. The van der Waals surface area contributed by atoms with Crippen LogP contribution in [0.15, 0.2) is 78.9 Å². The quantitative estimate of drug-likeness (QED) is 0.463. The van der Waals surface area contributed by atoms with E-state index in [9.17, 15) is 4.79 Å². The van der Waals surface area contributed by atoms with E-state index in [1.54, 1.807) is 4.90 Å². The molecule has 0 heterocycles. The van der Waals surface area contributed by atoms with Gasteiger partial charge in [-0.3, -0.25) is 4.90 Å². The third-order valence-corrected chi connectivity index (χ3v) is 5.10. The van der Waals surface area contributed by atoms with Crippen molar-refractivity contribution in [2.45, 2.75) is 19.9 Å². The molecule has 0 aliphatic heterocycles. The van der Waals surface area contributed by atoms with Crippen molar-refractivity contribution >= 4 is 40.0 Å². The molecule has 3 nitrogen and oxygen atoms in total. The third-order valence-electron chi connectivity index (χ3n) is 4.19. The molecule has 0 bridgehead atoms. The van der Waals surface area contributed by atoms with Crippen LogP contribution >= 0.6 is 22.6 Å². The average molecular weight is 456 g/mol. The summed E-state index contributed by atoms with van der Waals surface area (Å²) in [6.45, 7) is 2.63. The largest absolute Gasteiger partial charge is 0.326 e. The number of carbonyl (C=O) groups excluding carboxylic acids is 1. The summed E-state index contributed by atoms with van der Waals surface area (Å²) in [5.74, 6) is 0. The number of hydrogen-bond donors (Lipinski definition) is 1. The first-order valence-corrected chi connectivity index (χ1v) is 9.71. The van der Waals surface area contributed by atoms with Crippen molar-refractivity contribution in [3.63, 3.8) is 0 Å². The predicted molar refractivity (Wildman–Crippen MR) is 117 cm³/mol. The number of nitrogens with one attached hydrogen (secondary N) is 1. The van der Waals surface area contributed by atoms with Gasteiger partial charge in [0.15, 0.2) is 0 Å². The van der Waals surface area contributed by atoms with Crippen LogP contribution in [-0.4, -0.2) is 6.03 Å². The van der Waals surface area contributed by atoms with Crippen LogP contribution in [0.5, 0.6) is 0 Å². The lowest BCUT2D eigenvalue weighted by Gasteiger charge is -2.24. The highest BCUT2D eigenvalue weighted by Crippen LogP contribution is 2.25. The van der Waals surface area contributed by atoms with Gasteiger partial charge >= 0.3 is 6.03 Å². The number of urea groups is 1. The standard InChI is InChI=1S/C22H21IN2O/c1-2-17-12-14-19(15-13-17)24-22(26)25(16-18-8-4-3-5-9-18)21-11-7-6-10-20(21)23/h3-15H,2,16H2,1H3,(H,24,26). The van der Waals surface area contributed by atoms with Crippen LogP contribution in [0.1, 0.15) is 18.1 Å². The molecule has 0 aliphatic carbocycles. The van der Waals surface area contributed by atoms with Crippen LogP contribution < -0.4 is 10.2 Å². The Morgan fingerprint density at radius 3 is 2.19 bits per heavy atom. The van der Waals surface area contributed by atoms with Gasteiger partial charge in [0.2, 0.25) is 0 Å². The highest BCUT2D eigenvalue weighted by molar-refractivity contribution is 14.1. The monoisotopic (exact) mass is 456 g/mol. The summed E-state index contributed by atoms with van der Waals surface area (Å²) in [6.07, 6.45) is 0.983. The SMILES string of the molecule is CCc1ccc(NC(=O)N(Cc2ccccc2)c2ccccc2I)cc1. The first-order chi connectivity index (χ1) is 12.7. The number of benzene rings is 3. The number of amides is 2. The van der Waals surface area contributed by atoms with Gasteiger partial charge < -0.3 is 5.32 Å². The summed E-state index contributed by atoms with van der Waals surface area (Å²) in [7, 11) is 0. The van der Waals surface area contributed by atoms with E-state index < -0.39 is 0 Å². The minimum absolute atomic E-state index is 0.137. The molecule has 4 heteroatoms. The van der Waals surface area contributed by atoms with Crippen molar-refractivity contribution in [3.05, 3.63) is 93.6 Å². The summed E-state index contributed by atoms with van der Waals surface area (Å²) in [5.41, 5.74) is 4.04. The Morgan fingerprint density at radius 1 is 0.885 bits per heavy atom. The highest BCUT2D eigenvalue weighted by atomic mass is 127. The average Bonchev–Trinajstić information content (AvgIpc) is 2.68. The molecule has 3 rings (SSSR count). The second kappa shape index (κ2) is 8.85. The maximum absolute atomic E-state index is 13.0. The zero-order valence-corrected chi connectivity index (χ0v) is 16.8. The first-order valence-electron chi connectivity index (χ1n) is 8.63. The maximum atomic E-state index is 13.0. The number of halogens is 1. The van der Waals surface area contributed by atoms with E-state index in [1.807, 2.05) is 78.9 Å². The Morgan fingerprint density at radius 2 is 1.54 bits per heavy atom. The van der Waals surface area contributed by atoms with E-state index in [1.165, 1.54) is 5.56 Å². The summed E-state index contributed by atoms with van der Waals surface area (Å²) in [6, 6.07) is 25.8. The van der Waals surface area contributed by atoms with Gasteiger partial charge in [-0.15, -0.1) is 0 Å². The molecule has 1 N–H and O–H groups in total. The number of para-hydroxylation sites is 1. The van der Waals surface area contributed by atoms with Crippen molar-refractivity contribution < 1.29 is 4.79 Å². The molecule has 2 amide bonds. The highest BCUT2D eigenvalue weighted by Gasteiger charge is 2.18. The molecule has 26 heavy (non-hydrogen) atoms. The van der Waals surface area contributed by atoms with Crippen LogP contribution in [0.25, 0.3) is 0 Å². The summed E-state index contributed by atoms with van der Waals surface area (Å²) < 4.78 is 1.04. The Kier molecular flexibility index (Phi) is 6.28. The number of hydrogen-bond acceptors (Lipinski definition) is 1. The van der Waals surface area contributed by atoms with Gasteiger partial charge in [-0.05, 0) is 64.4 Å². The van der Waals surface area contributed by atoms with Crippen molar-refractivity contribution in [1.29, 1.82) is 0 Å². The maximum Gasteiger partial charge on any atom is 0.326 e. The first kappa shape index (κ1) is 18.5. The van der Waals surface area contributed by atoms with E-state index >= 15 is 0 Å². The van der Waals surface area contributed by atoms with Gasteiger partial charge in [-0.2, -0.15) is 0 Å². The van der Waals surface area contributed by atoms with E-state index in [2.05, 4.69) is 34.8 Å². The fourth-order valence-electron chi connectivity index (χ4n) is 2.72. The van der Waals surface area contributed by atoms with Gasteiger partial charge in [0.25, 0.3) is 0 Å². The Bertz CT molecular complexity index is 863. The Balaban J connectivity index is 1.86. The molecule has 3 aromatic rings. The molecule has 0 fully saturated rings. The minimum Gasteiger partial charge on any atom is -0.308 e. The predicted octanol–water partition coefficient (Wildman–Crippen LogP) is 6.09. The zero-order chi connectivity index (χ0) is 18.4. The smallest absolute Gasteiger partial charge is 0.308 e. The number of rotatable bonds is 5. The summed E-state index contributed by atoms with van der Waals surface area (Å²) >= 11 is 2.27. The topological polar surface area (TPSA) is 32.3 Å². The van der Waals surface area contributed by atoms with Gasteiger partial charge in [0.1, 0.15) is 0 Å². The molecular formula is C22H21IN2O. The molecule has 0 unspecified atom stereocenters. The number of anilines is 2. The lowest BCUT2D eigenvalue weighted by atomic mass is 10.1. The molecular weight excluding hydrogens is 435 g/mol. The van der Waals surface area contributed by atoms with Crippen LogP contribution in [0, 0.1) is 3.57 Å². The van der Waals surface area contributed by atoms with E-state index in [0.717, 1.165) is 26.9 Å². The van der Waals surface area contributed by atoms with E-state index in [-0.39, 0.29) is 6.03 Å². The van der Waals surface area contributed by atoms with Crippen LogP contribution in [0.2, 0.25) is 0 Å². The lowest BCUT2D eigenvalue weighted by Crippen LogP contribution is -2.35. The molecule has 0 aliphatic rings. The van der Waals surface area contributed by atoms with Gasteiger partial charge in [-0.1, -0.05) is 61.5 Å². The lowest BCUT2D eigenvalue weighted by molar-refractivity contribution is 0.256. The number of aryl methyl sites for hydroxylation is 1. The minimum atomic E-state index is -0.137.